The highest BCUT2D eigenvalue weighted by Crippen LogP contribution is 2.50. The number of rotatable bonds is 6. The normalized spacial score (nSPS) is 25.8. The zero-order valence-electron chi connectivity index (χ0n) is 15.8. The van der Waals surface area contributed by atoms with E-state index in [1.165, 1.54) is 24.0 Å². The van der Waals surface area contributed by atoms with Gasteiger partial charge in [-0.1, -0.05) is 53.5 Å². The number of nitrogens with one attached hydrogen (secondary N) is 1. The van der Waals surface area contributed by atoms with Crippen LogP contribution in [0.4, 0.5) is 0 Å². The first-order chi connectivity index (χ1) is 13.6. The number of hydrogen-bond acceptors (Lipinski definition) is 1. The van der Waals surface area contributed by atoms with E-state index in [4.69, 9.17) is 23.2 Å². The molecule has 4 rings (SSSR count). The molecule has 146 valence electrons. The van der Waals surface area contributed by atoms with E-state index >= 15 is 0 Å². The summed E-state index contributed by atoms with van der Waals surface area (Å²) in [5.41, 5.74) is 2.46. The summed E-state index contributed by atoms with van der Waals surface area (Å²) in [6.45, 7) is 3.84. The van der Waals surface area contributed by atoms with E-state index in [2.05, 4.69) is 30.1 Å². The van der Waals surface area contributed by atoms with E-state index in [1.54, 1.807) is 0 Å². The van der Waals surface area contributed by atoms with E-state index in [0.29, 0.717) is 12.3 Å². The number of benzene rings is 2. The van der Waals surface area contributed by atoms with Gasteiger partial charge in [0.25, 0.3) is 0 Å². The molecule has 0 aromatic heterocycles. The van der Waals surface area contributed by atoms with Crippen molar-refractivity contribution in [1.82, 2.24) is 5.32 Å². The van der Waals surface area contributed by atoms with Crippen LogP contribution in [0.5, 0.6) is 0 Å². The number of carbonyl (C=O) groups is 1. The zero-order valence-corrected chi connectivity index (χ0v) is 17.3. The van der Waals surface area contributed by atoms with E-state index in [0.717, 1.165) is 16.5 Å². The van der Waals surface area contributed by atoms with E-state index in [9.17, 15) is 4.79 Å². The first-order valence-corrected chi connectivity index (χ1v) is 10.7. The quantitative estimate of drug-likeness (QED) is 0.548. The molecule has 2 aromatic rings. The van der Waals surface area contributed by atoms with Gasteiger partial charge in [-0.2, -0.15) is 0 Å². The van der Waals surface area contributed by atoms with Crippen LogP contribution in [0.3, 0.4) is 0 Å². The monoisotopic (exact) mass is 413 g/mol. The second-order valence-electron chi connectivity index (χ2n) is 8.07. The van der Waals surface area contributed by atoms with Crippen molar-refractivity contribution in [2.24, 2.45) is 11.8 Å². The van der Waals surface area contributed by atoms with Crippen LogP contribution in [0, 0.1) is 11.8 Å². The Balaban J connectivity index is 1.73. The third-order valence-corrected chi connectivity index (χ3v) is 6.64. The van der Waals surface area contributed by atoms with Crippen LogP contribution in [-0.4, -0.2) is 11.9 Å². The van der Waals surface area contributed by atoms with Gasteiger partial charge >= 0.3 is 0 Å². The van der Waals surface area contributed by atoms with Gasteiger partial charge in [-0.3, -0.25) is 4.79 Å². The minimum atomic E-state index is -0.0391. The number of piperidine rings is 1. The molecule has 4 heteroatoms. The molecule has 0 bridgehead atoms. The molecule has 4 atom stereocenters. The maximum Gasteiger partial charge on any atom is 0.223 e. The van der Waals surface area contributed by atoms with Crippen molar-refractivity contribution >= 4 is 29.1 Å². The summed E-state index contributed by atoms with van der Waals surface area (Å²) in [5, 5.41) is 4.87. The van der Waals surface area contributed by atoms with Crippen LogP contribution >= 0.6 is 23.2 Å². The zero-order chi connectivity index (χ0) is 19.7. The van der Waals surface area contributed by atoms with Crippen LogP contribution in [0.1, 0.15) is 48.6 Å². The summed E-state index contributed by atoms with van der Waals surface area (Å²) in [5.74, 6) is 1.22. The highest BCUT2D eigenvalue weighted by atomic mass is 35.5. The summed E-state index contributed by atoms with van der Waals surface area (Å²) in [6, 6.07) is 16.3. The molecule has 1 amide bonds. The molecule has 2 fully saturated rings. The SMILES string of the molecule is C=CC[C@H]1C[C@@H](c2cccc(Cl)c2)[C@H](C(c2ccc(Cl)cc2)C2CC2)NC1=O. The lowest BCUT2D eigenvalue weighted by atomic mass is 9.71. The standard InChI is InChI=1S/C24H25Cl2NO/c1-2-4-18-14-21(17-5-3-6-20(26)13-17)23(27-24(18)28)22(15-7-8-15)16-9-11-19(25)12-10-16/h2-3,5-6,9-13,15,18,21-23H,1,4,7-8,14H2,(H,27,28)/t18-,21-,22?,23+/m0/s1. The minimum absolute atomic E-state index is 0.0391. The van der Waals surface area contributed by atoms with E-state index in [-0.39, 0.29) is 29.7 Å². The highest BCUT2D eigenvalue weighted by Gasteiger charge is 2.45. The highest BCUT2D eigenvalue weighted by molar-refractivity contribution is 6.30. The molecule has 1 unspecified atom stereocenters. The third-order valence-electron chi connectivity index (χ3n) is 6.15. The Morgan fingerprint density at radius 3 is 2.50 bits per heavy atom. The molecule has 1 aliphatic heterocycles. The van der Waals surface area contributed by atoms with Gasteiger partial charge in [-0.15, -0.1) is 6.58 Å². The number of hydrogen-bond donors (Lipinski definition) is 1. The maximum atomic E-state index is 12.9. The molecular formula is C24H25Cl2NO. The largest absolute Gasteiger partial charge is 0.352 e. The molecule has 2 nitrogen and oxygen atoms in total. The van der Waals surface area contributed by atoms with Crippen molar-refractivity contribution in [3.8, 4) is 0 Å². The average molecular weight is 414 g/mol. The van der Waals surface area contributed by atoms with E-state index in [1.807, 2.05) is 36.4 Å². The topological polar surface area (TPSA) is 29.1 Å². The Bertz CT molecular complexity index is 859. The Hall–Kier alpha value is -1.77. The molecule has 1 aliphatic carbocycles. The summed E-state index contributed by atoms with van der Waals surface area (Å²) in [7, 11) is 0. The Kier molecular flexibility index (Phi) is 5.80. The molecule has 0 spiro atoms. The summed E-state index contributed by atoms with van der Waals surface area (Å²) in [6.07, 6.45) is 5.78. The third kappa shape index (κ3) is 4.14. The summed E-state index contributed by atoms with van der Waals surface area (Å²) in [4.78, 5) is 12.9. The van der Waals surface area contributed by atoms with Gasteiger partial charge in [-0.05, 0) is 67.0 Å². The van der Waals surface area contributed by atoms with Crippen LogP contribution in [0.2, 0.25) is 10.0 Å². The fraction of sp³-hybridized carbons (Fsp3) is 0.375. The number of amides is 1. The summed E-state index contributed by atoms with van der Waals surface area (Å²) < 4.78 is 0. The smallest absolute Gasteiger partial charge is 0.223 e. The lowest BCUT2D eigenvalue weighted by molar-refractivity contribution is -0.128. The summed E-state index contributed by atoms with van der Waals surface area (Å²) >= 11 is 12.4. The van der Waals surface area contributed by atoms with Crippen molar-refractivity contribution in [3.63, 3.8) is 0 Å². The van der Waals surface area contributed by atoms with Crippen molar-refractivity contribution in [2.45, 2.75) is 43.6 Å². The predicted octanol–water partition coefficient (Wildman–Crippen LogP) is 6.35. The molecular weight excluding hydrogens is 389 g/mol. The van der Waals surface area contributed by atoms with Crippen molar-refractivity contribution in [2.75, 3.05) is 0 Å². The first-order valence-electron chi connectivity index (χ1n) is 9.99. The molecule has 1 N–H and O–H groups in total. The second kappa shape index (κ2) is 8.31. The molecule has 1 heterocycles. The van der Waals surface area contributed by atoms with Gasteiger partial charge in [0.15, 0.2) is 0 Å². The molecule has 1 saturated carbocycles. The lowest BCUT2D eigenvalue weighted by Crippen LogP contribution is -2.51. The fourth-order valence-corrected chi connectivity index (χ4v) is 5.01. The van der Waals surface area contributed by atoms with Gasteiger partial charge in [0.05, 0.1) is 0 Å². The fourth-order valence-electron chi connectivity index (χ4n) is 4.68. The van der Waals surface area contributed by atoms with Gasteiger partial charge in [0, 0.05) is 33.8 Å². The number of halogens is 2. The van der Waals surface area contributed by atoms with Crippen molar-refractivity contribution in [1.29, 1.82) is 0 Å². The number of allylic oxidation sites excluding steroid dienone is 1. The van der Waals surface area contributed by atoms with Crippen LogP contribution in [-0.2, 0) is 4.79 Å². The second-order valence-corrected chi connectivity index (χ2v) is 8.94. The van der Waals surface area contributed by atoms with Crippen LogP contribution < -0.4 is 5.32 Å². The van der Waals surface area contributed by atoms with Crippen molar-refractivity contribution < 1.29 is 4.79 Å². The number of carbonyl (C=O) groups excluding carboxylic acids is 1. The van der Waals surface area contributed by atoms with Gasteiger partial charge in [0.2, 0.25) is 5.91 Å². The Morgan fingerprint density at radius 2 is 1.86 bits per heavy atom. The Labute approximate surface area is 176 Å². The van der Waals surface area contributed by atoms with Crippen molar-refractivity contribution in [3.05, 3.63) is 82.4 Å². The lowest BCUT2D eigenvalue weighted by Gasteiger charge is -2.41. The van der Waals surface area contributed by atoms with Crippen LogP contribution in [0.15, 0.2) is 61.2 Å². The molecule has 0 radical (unpaired) electrons. The van der Waals surface area contributed by atoms with E-state index < -0.39 is 0 Å². The first kappa shape index (κ1) is 19.5. The molecule has 2 aliphatic rings. The molecule has 1 saturated heterocycles. The average Bonchev–Trinajstić information content (AvgIpc) is 3.51. The molecule has 2 aromatic carbocycles. The minimum Gasteiger partial charge on any atom is -0.352 e. The Morgan fingerprint density at radius 1 is 1.11 bits per heavy atom. The molecule has 28 heavy (non-hydrogen) atoms. The van der Waals surface area contributed by atoms with Crippen LogP contribution in [0.25, 0.3) is 0 Å². The van der Waals surface area contributed by atoms with Gasteiger partial charge in [0.1, 0.15) is 0 Å². The van der Waals surface area contributed by atoms with Gasteiger partial charge in [-0.25, -0.2) is 0 Å². The maximum absolute atomic E-state index is 12.9. The predicted molar refractivity (Wildman–Crippen MR) is 116 cm³/mol. The van der Waals surface area contributed by atoms with Gasteiger partial charge < -0.3 is 5.32 Å².